The van der Waals surface area contributed by atoms with Crippen LogP contribution in [-0.2, 0) is 4.79 Å². The summed E-state index contributed by atoms with van der Waals surface area (Å²) in [5, 5.41) is 52.7. The first-order chi connectivity index (χ1) is 6.45. The van der Waals surface area contributed by atoms with Crippen LogP contribution in [0.4, 0.5) is 0 Å². The molecule has 0 aromatic heterocycles. The Labute approximate surface area is 79.9 Å². The molecule has 4 atom stereocenters. The molecule has 0 aliphatic heterocycles. The second-order valence-corrected chi connectivity index (χ2v) is 2.80. The highest BCUT2D eigenvalue weighted by molar-refractivity contribution is 5.84. The molecule has 7 heteroatoms. The fourth-order valence-corrected chi connectivity index (χ4v) is 0.806. The van der Waals surface area contributed by atoms with Gasteiger partial charge >= 0.3 is 0 Å². The topological polar surface area (TPSA) is 138 Å². The Kier molecular flexibility index (Phi) is 5.77. The molecule has 0 unspecified atom stereocenters. The van der Waals surface area contributed by atoms with Gasteiger partial charge in [-0.25, -0.2) is 0 Å². The van der Waals surface area contributed by atoms with Gasteiger partial charge in [-0.3, -0.25) is 4.79 Å². The zero-order valence-corrected chi connectivity index (χ0v) is 7.32. The number of carbonyl (C=O) groups is 1. The summed E-state index contributed by atoms with van der Waals surface area (Å²) in [4.78, 5) is 10.7. The van der Waals surface area contributed by atoms with Crippen molar-refractivity contribution in [3.8, 4) is 0 Å². The lowest BCUT2D eigenvalue weighted by molar-refractivity contribution is -0.149. The molecule has 0 radical (unpaired) electrons. The minimum atomic E-state index is -1.99. The standard InChI is InChI=1S/C7H14O7/c8-1-3(10)5(12)7(14)6(13)4(11)2-9/h3,5-10,12-14H,1-2H2/t3-,5-,6-,7-/m1/s1. The molecule has 0 saturated carbocycles. The average Bonchev–Trinajstić information content (AvgIpc) is 2.23. The van der Waals surface area contributed by atoms with Gasteiger partial charge in [-0.2, -0.15) is 0 Å². The van der Waals surface area contributed by atoms with Crippen LogP contribution in [0.5, 0.6) is 0 Å². The van der Waals surface area contributed by atoms with Crippen LogP contribution in [0, 0.1) is 0 Å². The SMILES string of the molecule is O=C(CO)[C@@H](O)[C@H](O)[C@H](O)[C@H](O)CO. The molecule has 0 aromatic carbocycles. The molecular weight excluding hydrogens is 196 g/mol. The lowest BCUT2D eigenvalue weighted by atomic mass is 10.0. The van der Waals surface area contributed by atoms with Crippen molar-refractivity contribution >= 4 is 5.78 Å². The molecule has 0 spiro atoms. The summed E-state index contributed by atoms with van der Waals surface area (Å²) in [5.74, 6) is -1.08. The lowest BCUT2D eigenvalue weighted by Crippen LogP contribution is -2.49. The summed E-state index contributed by atoms with van der Waals surface area (Å²) < 4.78 is 0. The Morgan fingerprint density at radius 3 is 1.86 bits per heavy atom. The van der Waals surface area contributed by atoms with Gasteiger partial charge in [0.25, 0.3) is 0 Å². The molecule has 0 fully saturated rings. The van der Waals surface area contributed by atoms with Crippen LogP contribution in [-0.4, -0.2) is 74.1 Å². The van der Waals surface area contributed by atoms with E-state index in [1.165, 1.54) is 0 Å². The first-order valence-electron chi connectivity index (χ1n) is 3.92. The van der Waals surface area contributed by atoms with Gasteiger partial charge in [0.2, 0.25) is 0 Å². The van der Waals surface area contributed by atoms with Crippen molar-refractivity contribution in [1.29, 1.82) is 0 Å². The molecule has 14 heavy (non-hydrogen) atoms. The van der Waals surface area contributed by atoms with Crippen molar-refractivity contribution in [3.05, 3.63) is 0 Å². The van der Waals surface area contributed by atoms with Crippen molar-refractivity contribution in [3.63, 3.8) is 0 Å². The Morgan fingerprint density at radius 1 is 1.00 bits per heavy atom. The van der Waals surface area contributed by atoms with E-state index in [1.54, 1.807) is 0 Å². The number of carbonyl (C=O) groups excluding carboxylic acids is 1. The minimum absolute atomic E-state index is 0.821. The summed E-state index contributed by atoms with van der Waals surface area (Å²) in [6, 6.07) is 0. The van der Waals surface area contributed by atoms with Gasteiger partial charge in [-0.15, -0.1) is 0 Å². The van der Waals surface area contributed by atoms with Crippen LogP contribution >= 0.6 is 0 Å². The highest BCUT2D eigenvalue weighted by Gasteiger charge is 2.33. The van der Waals surface area contributed by atoms with E-state index in [0.717, 1.165) is 0 Å². The van der Waals surface area contributed by atoms with E-state index in [1.807, 2.05) is 0 Å². The van der Waals surface area contributed by atoms with Crippen molar-refractivity contribution in [2.24, 2.45) is 0 Å². The Hall–Kier alpha value is -0.570. The number of rotatable bonds is 6. The van der Waals surface area contributed by atoms with Gasteiger partial charge in [0, 0.05) is 0 Å². The molecule has 6 N–H and O–H groups in total. The van der Waals surface area contributed by atoms with Crippen LogP contribution in [0.15, 0.2) is 0 Å². The van der Waals surface area contributed by atoms with Gasteiger partial charge < -0.3 is 30.6 Å². The van der Waals surface area contributed by atoms with Crippen LogP contribution in [0.2, 0.25) is 0 Å². The van der Waals surface area contributed by atoms with Crippen molar-refractivity contribution < 1.29 is 35.4 Å². The molecule has 0 amide bonds. The van der Waals surface area contributed by atoms with Gasteiger partial charge in [0.15, 0.2) is 5.78 Å². The quantitative estimate of drug-likeness (QED) is 0.262. The maximum absolute atomic E-state index is 10.7. The first-order valence-corrected chi connectivity index (χ1v) is 3.92. The number of aliphatic hydroxyl groups excluding tert-OH is 6. The maximum atomic E-state index is 10.7. The van der Waals surface area contributed by atoms with Crippen molar-refractivity contribution in [1.82, 2.24) is 0 Å². The predicted octanol–water partition coefficient (Wildman–Crippen LogP) is -4.02. The Bertz CT molecular complexity index is 183. The fraction of sp³-hybridized carbons (Fsp3) is 0.857. The Balaban J connectivity index is 4.30. The molecule has 0 saturated heterocycles. The van der Waals surface area contributed by atoms with Crippen LogP contribution in [0.25, 0.3) is 0 Å². The molecule has 0 bridgehead atoms. The summed E-state index contributed by atoms with van der Waals surface area (Å²) >= 11 is 0. The van der Waals surface area contributed by atoms with Crippen LogP contribution < -0.4 is 0 Å². The third-order valence-electron chi connectivity index (χ3n) is 1.74. The molecule has 0 aliphatic carbocycles. The third-order valence-corrected chi connectivity index (χ3v) is 1.74. The first kappa shape index (κ1) is 13.4. The maximum Gasteiger partial charge on any atom is 0.189 e. The van der Waals surface area contributed by atoms with Crippen LogP contribution in [0.3, 0.4) is 0 Å². The fourth-order valence-electron chi connectivity index (χ4n) is 0.806. The largest absolute Gasteiger partial charge is 0.394 e. The van der Waals surface area contributed by atoms with E-state index >= 15 is 0 Å². The zero-order valence-electron chi connectivity index (χ0n) is 7.32. The molecule has 0 heterocycles. The number of aliphatic hydroxyl groups is 6. The van der Waals surface area contributed by atoms with E-state index in [9.17, 15) is 4.79 Å². The van der Waals surface area contributed by atoms with Gasteiger partial charge in [0.1, 0.15) is 31.0 Å². The molecule has 0 aromatic rings. The van der Waals surface area contributed by atoms with Gasteiger partial charge in [0.05, 0.1) is 6.61 Å². The van der Waals surface area contributed by atoms with E-state index in [2.05, 4.69) is 0 Å². The molecule has 0 aliphatic rings. The molecule has 0 rings (SSSR count). The van der Waals surface area contributed by atoms with E-state index in [0.29, 0.717) is 0 Å². The monoisotopic (exact) mass is 210 g/mol. The van der Waals surface area contributed by atoms with Crippen molar-refractivity contribution in [2.45, 2.75) is 24.4 Å². The minimum Gasteiger partial charge on any atom is -0.394 e. The highest BCUT2D eigenvalue weighted by Crippen LogP contribution is 2.05. The molecular formula is C7H14O7. The van der Waals surface area contributed by atoms with E-state index < -0.39 is 43.4 Å². The van der Waals surface area contributed by atoms with E-state index in [4.69, 9.17) is 30.6 Å². The zero-order chi connectivity index (χ0) is 11.3. The van der Waals surface area contributed by atoms with Gasteiger partial charge in [-0.05, 0) is 0 Å². The number of Topliss-reactive ketones (excluding diaryl/α,β-unsaturated/α-hetero) is 1. The normalized spacial score (nSPS) is 19.9. The second-order valence-electron chi connectivity index (χ2n) is 2.80. The smallest absolute Gasteiger partial charge is 0.189 e. The lowest BCUT2D eigenvalue weighted by Gasteiger charge is -2.24. The highest BCUT2D eigenvalue weighted by atomic mass is 16.4. The number of hydrogen-bond donors (Lipinski definition) is 6. The number of hydrogen-bond acceptors (Lipinski definition) is 7. The Morgan fingerprint density at radius 2 is 1.50 bits per heavy atom. The summed E-state index contributed by atoms with van der Waals surface area (Å²) in [6.45, 7) is -1.81. The predicted molar refractivity (Wildman–Crippen MR) is 43.2 cm³/mol. The summed E-state index contributed by atoms with van der Waals surface area (Å²) in [6.07, 6.45) is -7.45. The molecule has 84 valence electrons. The van der Waals surface area contributed by atoms with Crippen LogP contribution in [0.1, 0.15) is 0 Å². The van der Waals surface area contributed by atoms with Crippen molar-refractivity contribution in [2.75, 3.05) is 13.2 Å². The summed E-state index contributed by atoms with van der Waals surface area (Å²) in [7, 11) is 0. The number of ketones is 1. The molecule has 7 nitrogen and oxygen atoms in total. The van der Waals surface area contributed by atoms with E-state index in [-0.39, 0.29) is 0 Å². The summed E-state index contributed by atoms with van der Waals surface area (Å²) in [5.41, 5.74) is 0. The van der Waals surface area contributed by atoms with Gasteiger partial charge in [-0.1, -0.05) is 0 Å². The second kappa shape index (κ2) is 6.02. The third kappa shape index (κ3) is 3.29. The average molecular weight is 210 g/mol.